The molecule has 4 rings (SSSR count). The highest BCUT2D eigenvalue weighted by Gasteiger charge is 2.26. The molecule has 1 N–H and O–H groups in total. The molecule has 3 aromatic rings. The summed E-state index contributed by atoms with van der Waals surface area (Å²) in [5.74, 6) is 1.18. The zero-order valence-corrected chi connectivity index (χ0v) is 18.8. The molecule has 0 bridgehead atoms. The van der Waals surface area contributed by atoms with Crippen LogP contribution in [0.15, 0.2) is 24.5 Å². The monoisotopic (exact) mass is 413 g/mol. The Morgan fingerprint density at radius 1 is 1.28 bits per heavy atom. The minimum atomic E-state index is -1.14. The molecule has 3 aromatic heterocycles. The van der Waals surface area contributed by atoms with Crippen molar-refractivity contribution in [2.24, 2.45) is 7.05 Å². The molecule has 2 atom stereocenters. The number of rotatable bonds is 7. The van der Waals surface area contributed by atoms with Crippen LogP contribution < -0.4 is 0 Å². The van der Waals surface area contributed by atoms with Crippen LogP contribution in [0.25, 0.3) is 22.7 Å². The van der Waals surface area contributed by atoms with Crippen LogP contribution in [0.2, 0.25) is 25.7 Å². The second kappa shape index (κ2) is 8.01. The van der Waals surface area contributed by atoms with E-state index in [2.05, 4.69) is 30.8 Å². The number of aliphatic hydroxyl groups is 1. The van der Waals surface area contributed by atoms with Crippen molar-refractivity contribution in [2.45, 2.75) is 63.7 Å². The van der Waals surface area contributed by atoms with E-state index >= 15 is 0 Å². The van der Waals surface area contributed by atoms with Gasteiger partial charge in [-0.25, -0.2) is 9.97 Å². The van der Waals surface area contributed by atoms with Crippen molar-refractivity contribution in [2.75, 3.05) is 6.61 Å². The molecule has 1 fully saturated rings. The molecule has 0 saturated heterocycles. The van der Waals surface area contributed by atoms with Crippen molar-refractivity contribution in [3.63, 3.8) is 0 Å². The number of aromatic nitrogens is 5. The lowest BCUT2D eigenvalue weighted by Gasteiger charge is -2.16. The fourth-order valence-electron chi connectivity index (χ4n) is 3.96. The first kappa shape index (κ1) is 20.2. The van der Waals surface area contributed by atoms with E-state index in [4.69, 9.17) is 14.7 Å². The first-order chi connectivity index (χ1) is 13.8. The summed E-state index contributed by atoms with van der Waals surface area (Å²) >= 11 is 0. The Hall–Kier alpha value is -2.03. The Morgan fingerprint density at radius 2 is 2.10 bits per heavy atom. The highest BCUT2D eigenvalue weighted by Crippen LogP contribution is 2.35. The van der Waals surface area contributed by atoms with Gasteiger partial charge in [0, 0.05) is 34.1 Å². The average Bonchev–Trinajstić information content (AvgIpc) is 3.36. The van der Waals surface area contributed by atoms with Gasteiger partial charge < -0.3 is 9.84 Å². The normalized spacial score (nSPS) is 20.0. The number of hydrogen-bond donors (Lipinski definition) is 1. The van der Waals surface area contributed by atoms with E-state index in [1.807, 2.05) is 28.6 Å². The van der Waals surface area contributed by atoms with Gasteiger partial charge in [0.1, 0.15) is 17.9 Å². The third-order valence-corrected chi connectivity index (χ3v) is 7.45. The standard InChI is InChI=1S/C21H31N5O2Si/c1-25-19(7-8-23-25)21-24-18-12-16(15-5-6-17(27)11-15)13-22-20(18)26(21)14-28-9-10-29(2,3)4/h7-8,12-13,15,17,27H,5-6,9-11,14H2,1-4H3. The SMILES string of the molecule is Cn1nccc1-c1nc2cc(C3CCC(O)C3)cnc2n1COCC[Si](C)(C)C. The lowest BCUT2D eigenvalue weighted by atomic mass is 9.99. The number of hydrogen-bond acceptors (Lipinski definition) is 5. The van der Waals surface area contributed by atoms with Crippen LogP contribution in [0.4, 0.5) is 0 Å². The van der Waals surface area contributed by atoms with Gasteiger partial charge in [-0.2, -0.15) is 5.10 Å². The van der Waals surface area contributed by atoms with Crippen molar-refractivity contribution in [1.29, 1.82) is 0 Å². The maximum absolute atomic E-state index is 9.89. The second-order valence-corrected chi connectivity index (χ2v) is 14.9. The van der Waals surface area contributed by atoms with Crippen LogP contribution in [0.5, 0.6) is 0 Å². The molecule has 7 nitrogen and oxygen atoms in total. The molecule has 1 aliphatic rings. The van der Waals surface area contributed by atoms with Gasteiger partial charge in [0.2, 0.25) is 0 Å². The van der Waals surface area contributed by atoms with Crippen LogP contribution >= 0.6 is 0 Å². The van der Waals surface area contributed by atoms with Gasteiger partial charge >= 0.3 is 0 Å². The molecule has 3 heterocycles. The summed E-state index contributed by atoms with van der Waals surface area (Å²) in [6.07, 6.45) is 6.20. The second-order valence-electron chi connectivity index (χ2n) is 9.33. The van der Waals surface area contributed by atoms with Gasteiger partial charge in [0.05, 0.1) is 6.10 Å². The molecule has 0 aliphatic heterocycles. The Labute approximate surface area is 172 Å². The highest BCUT2D eigenvalue weighted by atomic mass is 28.3. The minimum absolute atomic E-state index is 0.196. The molecule has 2 unspecified atom stereocenters. The van der Waals surface area contributed by atoms with E-state index in [-0.39, 0.29) is 6.10 Å². The van der Waals surface area contributed by atoms with Crippen LogP contribution in [-0.4, -0.2) is 50.2 Å². The minimum Gasteiger partial charge on any atom is -0.393 e. The molecule has 156 valence electrons. The summed E-state index contributed by atoms with van der Waals surface area (Å²) in [6, 6.07) is 5.22. The molecular weight excluding hydrogens is 382 g/mol. The lowest BCUT2D eigenvalue weighted by Crippen LogP contribution is -2.22. The first-order valence-corrected chi connectivity index (χ1v) is 14.1. The highest BCUT2D eigenvalue weighted by molar-refractivity contribution is 6.76. The molecular formula is C21H31N5O2Si. The average molecular weight is 414 g/mol. The lowest BCUT2D eigenvalue weighted by molar-refractivity contribution is 0.0905. The number of nitrogens with zero attached hydrogens (tertiary/aromatic N) is 5. The van der Waals surface area contributed by atoms with Gasteiger partial charge in [0.15, 0.2) is 11.5 Å². The topological polar surface area (TPSA) is 78.0 Å². The van der Waals surface area contributed by atoms with E-state index in [1.54, 1.807) is 6.20 Å². The van der Waals surface area contributed by atoms with Crippen molar-refractivity contribution >= 4 is 19.2 Å². The molecule has 0 amide bonds. The third-order valence-electron chi connectivity index (χ3n) is 5.75. The summed E-state index contributed by atoms with van der Waals surface area (Å²) in [5.41, 5.74) is 3.80. The Morgan fingerprint density at radius 3 is 2.76 bits per heavy atom. The molecule has 0 radical (unpaired) electrons. The first-order valence-electron chi connectivity index (χ1n) is 10.4. The quantitative estimate of drug-likeness (QED) is 0.471. The number of aliphatic hydroxyl groups excluding tert-OH is 1. The van der Waals surface area contributed by atoms with Crippen LogP contribution in [0.3, 0.4) is 0 Å². The Bertz CT molecular complexity index is 991. The molecule has 1 saturated carbocycles. The van der Waals surface area contributed by atoms with Crippen molar-refractivity contribution in [3.8, 4) is 11.5 Å². The summed E-state index contributed by atoms with van der Waals surface area (Å²) in [6.45, 7) is 8.24. The van der Waals surface area contributed by atoms with Gasteiger partial charge in [-0.05, 0) is 48.9 Å². The van der Waals surface area contributed by atoms with E-state index < -0.39 is 8.07 Å². The Kier molecular flexibility index (Phi) is 5.59. The van der Waals surface area contributed by atoms with E-state index in [9.17, 15) is 5.11 Å². The van der Waals surface area contributed by atoms with Crippen molar-refractivity contribution in [3.05, 3.63) is 30.1 Å². The smallest absolute Gasteiger partial charge is 0.162 e. The molecule has 0 aromatic carbocycles. The van der Waals surface area contributed by atoms with Gasteiger partial charge in [-0.3, -0.25) is 9.25 Å². The third kappa shape index (κ3) is 4.44. The maximum atomic E-state index is 9.89. The molecule has 29 heavy (non-hydrogen) atoms. The van der Waals surface area contributed by atoms with Crippen LogP contribution in [0.1, 0.15) is 30.7 Å². The van der Waals surface area contributed by atoms with Gasteiger partial charge in [-0.15, -0.1) is 0 Å². The van der Waals surface area contributed by atoms with Crippen LogP contribution in [0, 0.1) is 0 Å². The maximum Gasteiger partial charge on any atom is 0.162 e. The van der Waals surface area contributed by atoms with Crippen molar-refractivity contribution in [1.82, 2.24) is 24.3 Å². The van der Waals surface area contributed by atoms with Gasteiger partial charge in [0.25, 0.3) is 0 Å². The van der Waals surface area contributed by atoms with E-state index in [1.165, 1.54) is 0 Å². The van der Waals surface area contributed by atoms with Crippen molar-refractivity contribution < 1.29 is 9.84 Å². The predicted octanol–water partition coefficient (Wildman–Crippen LogP) is 3.77. The number of fused-ring (bicyclic) bond motifs is 1. The number of aryl methyl sites for hydroxylation is 1. The molecule has 0 spiro atoms. The molecule has 8 heteroatoms. The summed E-state index contributed by atoms with van der Waals surface area (Å²) in [5, 5.41) is 14.2. The van der Waals surface area contributed by atoms with Crippen LogP contribution in [-0.2, 0) is 18.5 Å². The zero-order chi connectivity index (χ0) is 20.6. The summed E-state index contributed by atoms with van der Waals surface area (Å²) < 4.78 is 9.91. The fraction of sp³-hybridized carbons (Fsp3) is 0.571. The summed E-state index contributed by atoms with van der Waals surface area (Å²) in [4.78, 5) is 9.66. The molecule has 1 aliphatic carbocycles. The number of imidazole rings is 1. The number of ether oxygens (including phenoxy) is 1. The predicted molar refractivity (Wildman–Crippen MR) is 116 cm³/mol. The van der Waals surface area contributed by atoms with E-state index in [0.29, 0.717) is 12.6 Å². The zero-order valence-electron chi connectivity index (χ0n) is 17.8. The fourth-order valence-corrected chi connectivity index (χ4v) is 4.71. The largest absolute Gasteiger partial charge is 0.393 e. The van der Waals surface area contributed by atoms with Gasteiger partial charge in [-0.1, -0.05) is 19.6 Å². The summed E-state index contributed by atoms with van der Waals surface area (Å²) in [7, 11) is 0.783. The number of pyridine rings is 1. The Balaban J connectivity index is 1.66. The van der Waals surface area contributed by atoms with E-state index in [0.717, 1.165) is 60.2 Å².